The summed E-state index contributed by atoms with van der Waals surface area (Å²) in [5, 5.41) is 3.21. The molecule has 0 spiro atoms. The van der Waals surface area contributed by atoms with Gasteiger partial charge in [-0.05, 0) is 37.7 Å². The molecular formula is C18H25NO5S. The number of carbonyl (C=O) groups is 3. The molecule has 0 unspecified atom stereocenters. The van der Waals surface area contributed by atoms with Crippen LogP contribution in [0.4, 0.5) is 5.00 Å². The van der Waals surface area contributed by atoms with Crippen LogP contribution in [0.15, 0.2) is 0 Å². The average molecular weight is 367 g/mol. The molecule has 0 fully saturated rings. The molecule has 0 aromatic carbocycles. The molecule has 7 heteroatoms. The van der Waals surface area contributed by atoms with E-state index in [1.165, 1.54) is 24.7 Å². The van der Waals surface area contributed by atoms with Crippen LogP contribution in [0, 0.1) is 5.92 Å². The maximum absolute atomic E-state index is 12.4. The highest BCUT2D eigenvalue weighted by Gasteiger charge is 2.30. The Morgan fingerprint density at radius 1 is 1.24 bits per heavy atom. The van der Waals surface area contributed by atoms with Gasteiger partial charge in [0.2, 0.25) is 0 Å². The summed E-state index contributed by atoms with van der Waals surface area (Å²) in [4.78, 5) is 36.4. The van der Waals surface area contributed by atoms with Gasteiger partial charge in [-0.1, -0.05) is 19.8 Å². The van der Waals surface area contributed by atoms with Gasteiger partial charge in [0.15, 0.2) is 6.61 Å². The Morgan fingerprint density at radius 3 is 2.64 bits per heavy atom. The van der Waals surface area contributed by atoms with Gasteiger partial charge in [0.05, 0.1) is 12.2 Å². The summed E-state index contributed by atoms with van der Waals surface area (Å²) in [5.74, 6) is -0.759. The lowest BCUT2D eigenvalue weighted by atomic mass is 9.84. The number of hydrogen-bond acceptors (Lipinski definition) is 6. The van der Waals surface area contributed by atoms with E-state index in [2.05, 4.69) is 12.2 Å². The monoisotopic (exact) mass is 367 g/mol. The minimum atomic E-state index is -0.520. The second-order valence-electron chi connectivity index (χ2n) is 6.15. The molecule has 1 aromatic heterocycles. The maximum atomic E-state index is 12.4. The van der Waals surface area contributed by atoms with Crippen LogP contribution in [0.1, 0.15) is 60.8 Å². The summed E-state index contributed by atoms with van der Waals surface area (Å²) in [6, 6.07) is 0. The Bertz CT molecular complexity index is 652. The summed E-state index contributed by atoms with van der Waals surface area (Å²) in [6.07, 6.45) is 5.11. The molecule has 138 valence electrons. The first kappa shape index (κ1) is 19.4. The third-order valence-electron chi connectivity index (χ3n) is 4.20. The predicted molar refractivity (Wildman–Crippen MR) is 96.0 cm³/mol. The van der Waals surface area contributed by atoms with Crippen molar-refractivity contribution in [1.82, 2.24) is 0 Å². The van der Waals surface area contributed by atoms with E-state index < -0.39 is 17.8 Å². The van der Waals surface area contributed by atoms with E-state index >= 15 is 0 Å². The average Bonchev–Trinajstić information content (AvgIpc) is 2.90. The second-order valence-corrected chi connectivity index (χ2v) is 7.26. The molecule has 2 rings (SSSR count). The van der Waals surface area contributed by atoms with Gasteiger partial charge < -0.3 is 14.8 Å². The van der Waals surface area contributed by atoms with Gasteiger partial charge in [-0.15, -0.1) is 11.3 Å². The molecule has 1 N–H and O–H groups in total. The zero-order valence-electron chi connectivity index (χ0n) is 15.0. The van der Waals surface area contributed by atoms with Crippen molar-refractivity contribution < 1.29 is 23.9 Å². The molecule has 0 aliphatic heterocycles. The molecule has 1 amide bonds. The third-order valence-corrected chi connectivity index (χ3v) is 5.37. The standard InChI is InChI=1S/C18H25NO5S/c1-4-6-12-7-8-13-14(9-12)25-17(16(13)18(22)23-5-2)19-15(21)10-24-11(3)20/h12H,4-10H2,1-3H3,(H,19,21)/t12-/m0/s1. The molecule has 1 aliphatic carbocycles. The largest absolute Gasteiger partial charge is 0.462 e. The van der Waals surface area contributed by atoms with Crippen LogP contribution in [0.2, 0.25) is 0 Å². The fraction of sp³-hybridized carbons (Fsp3) is 0.611. The minimum absolute atomic E-state index is 0.281. The van der Waals surface area contributed by atoms with Gasteiger partial charge in [-0.3, -0.25) is 9.59 Å². The summed E-state index contributed by atoms with van der Waals surface area (Å²) < 4.78 is 9.89. The number of carbonyl (C=O) groups excluding carboxylic acids is 3. The number of esters is 2. The molecule has 1 aromatic rings. The number of ether oxygens (including phenoxy) is 2. The first-order valence-electron chi connectivity index (χ1n) is 8.71. The van der Waals surface area contributed by atoms with E-state index in [1.54, 1.807) is 6.92 Å². The lowest BCUT2D eigenvalue weighted by Crippen LogP contribution is -2.21. The number of hydrogen-bond donors (Lipinski definition) is 1. The topological polar surface area (TPSA) is 81.7 Å². The van der Waals surface area contributed by atoms with E-state index in [1.807, 2.05) is 0 Å². The minimum Gasteiger partial charge on any atom is -0.462 e. The summed E-state index contributed by atoms with van der Waals surface area (Å²) in [6.45, 7) is 5.10. The van der Waals surface area contributed by atoms with Gasteiger partial charge in [-0.2, -0.15) is 0 Å². The zero-order valence-corrected chi connectivity index (χ0v) is 15.8. The summed E-state index contributed by atoms with van der Waals surface area (Å²) in [7, 11) is 0. The van der Waals surface area contributed by atoms with Crippen LogP contribution in [-0.2, 0) is 31.9 Å². The molecule has 0 saturated carbocycles. The normalized spacial score (nSPS) is 16.0. The quantitative estimate of drug-likeness (QED) is 0.748. The van der Waals surface area contributed by atoms with E-state index in [9.17, 15) is 14.4 Å². The van der Waals surface area contributed by atoms with Crippen molar-refractivity contribution in [3.63, 3.8) is 0 Å². The van der Waals surface area contributed by atoms with Gasteiger partial charge >= 0.3 is 11.9 Å². The molecule has 1 atom stereocenters. The SMILES string of the molecule is CCC[C@H]1CCc2c(sc(NC(=O)COC(C)=O)c2C(=O)OCC)C1. The molecule has 0 bridgehead atoms. The number of anilines is 1. The maximum Gasteiger partial charge on any atom is 0.341 e. The molecule has 25 heavy (non-hydrogen) atoms. The van der Waals surface area contributed by atoms with Gasteiger partial charge in [0, 0.05) is 11.8 Å². The number of thiophene rings is 1. The number of nitrogens with one attached hydrogen (secondary N) is 1. The van der Waals surface area contributed by atoms with Crippen LogP contribution in [0.25, 0.3) is 0 Å². The van der Waals surface area contributed by atoms with Crippen molar-refractivity contribution in [2.45, 2.75) is 52.9 Å². The fourth-order valence-electron chi connectivity index (χ4n) is 3.15. The van der Waals surface area contributed by atoms with Crippen LogP contribution < -0.4 is 5.32 Å². The molecule has 0 saturated heterocycles. The summed E-state index contributed by atoms with van der Waals surface area (Å²) >= 11 is 1.44. The Morgan fingerprint density at radius 2 is 2.00 bits per heavy atom. The smallest absolute Gasteiger partial charge is 0.341 e. The third kappa shape index (κ3) is 5.04. The molecule has 1 aliphatic rings. The van der Waals surface area contributed by atoms with Crippen LogP contribution in [-0.4, -0.2) is 31.1 Å². The van der Waals surface area contributed by atoms with Crippen LogP contribution in [0.3, 0.4) is 0 Å². The Balaban J connectivity index is 2.24. The van der Waals surface area contributed by atoms with Crippen molar-refractivity contribution >= 4 is 34.2 Å². The highest BCUT2D eigenvalue weighted by atomic mass is 32.1. The Hall–Kier alpha value is -1.89. The Kier molecular flexibility index (Phi) is 6.99. The van der Waals surface area contributed by atoms with Crippen molar-refractivity contribution in [1.29, 1.82) is 0 Å². The first-order valence-corrected chi connectivity index (χ1v) is 9.52. The lowest BCUT2D eigenvalue weighted by Gasteiger charge is -2.21. The van der Waals surface area contributed by atoms with Crippen molar-refractivity contribution in [3.8, 4) is 0 Å². The van der Waals surface area contributed by atoms with Gasteiger partial charge in [0.1, 0.15) is 5.00 Å². The van der Waals surface area contributed by atoms with Gasteiger partial charge in [0.25, 0.3) is 5.91 Å². The van der Waals surface area contributed by atoms with Crippen molar-refractivity contribution in [2.75, 3.05) is 18.5 Å². The molecular weight excluding hydrogens is 342 g/mol. The predicted octanol–water partition coefficient (Wildman–Crippen LogP) is 3.33. The fourth-order valence-corrected chi connectivity index (χ4v) is 4.51. The van der Waals surface area contributed by atoms with E-state index in [0.29, 0.717) is 16.5 Å². The Labute approximate surface area is 151 Å². The summed E-state index contributed by atoms with van der Waals surface area (Å²) in [5.41, 5.74) is 1.46. The van der Waals surface area contributed by atoms with Crippen LogP contribution in [0.5, 0.6) is 0 Å². The second kappa shape index (κ2) is 8.99. The first-order chi connectivity index (χ1) is 12.0. The molecule has 6 nitrogen and oxygen atoms in total. The molecule has 1 heterocycles. The molecule has 0 radical (unpaired) electrons. The number of fused-ring (bicyclic) bond motifs is 1. The zero-order chi connectivity index (χ0) is 18.4. The van der Waals surface area contributed by atoms with Crippen LogP contribution >= 0.6 is 11.3 Å². The van der Waals surface area contributed by atoms with E-state index in [4.69, 9.17) is 9.47 Å². The van der Waals surface area contributed by atoms with E-state index in [0.717, 1.165) is 36.1 Å². The number of amides is 1. The highest BCUT2D eigenvalue weighted by molar-refractivity contribution is 7.17. The number of rotatable bonds is 7. The van der Waals surface area contributed by atoms with Crippen molar-refractivity contribution in [3.05, 3.63) is 16.0 Å². The van der Waals surface area contributed by atoms with E-state index in [-0.39, 0.29) is 13.2 Å². The van der Waals surface area contributed by atoms with Gasteiger partial charge in [-0.25, -0.2) is 4.79 Å². The lowest BCUT2D eigenvalue weighted by molar-refractivity contribution is -0.144. The van der Waals surface area contributed by atoms with Crippen molar-refractivity contribution in [2.24, 2.45) is 5.92 Å². The highest BCUT2D eigenvalue weighted by Crippen LogP contribution is 2.41.